The number of ether oxygens (including phenoxy) is 1. The molecule has 28 heavy (non-hydrogen) atoms. The van der Waals surface area contributed by atoms with E-state index in [0.29, 0.717) is 11.3 Å². The molecule has 1 aromatic heterocycles. The molecule has 1 atom stereocenters. The molecule has 6 nitrogen and oxygen atoms in total. The molecule has 0 unspecified atom stereocenters. The van der Waals surface area contributed by atoms with E-state index < -0.39 is 5.97 Å². The van der Waals surface area contributed by atoms with Crippen LogP contribution in [0.2, 0.25) is 0 Å². The van der Waals surface area contributed by atoms with Crippen LogP contribution in [0.15, 0.2) is 42.5 Å². The highest BCUT2D eigenvalue weighted by Gasteiger charge is 2.19. The van der Waals surface area contributed by atoms with Crippen molar-refractivity contribution >= 4 is 39.1 Å². The van der Waals surface area contributed by atoms with E-state index in [1.807, 2.05) is 50.1 Å². The molecule has 1 N–H and O–H groups in total. The van der Waals surface area contributed by atoms with Gasteiger partial charge in [0.1, 0.15) is 5.01 Å². The number of esters is 1. The summed E-state index contributed by atoms with van der Waals surface area (Å²) in [6.45, 7) is 4.12. The van der Waals surface area contributed by atoms with Crippen LogP contribution in [0, 0.1) is 6.92 Å². The first kappa shape index (κ1) is 20.0. The van der Waals surface area contributed by atoms with Gasteiger partial charge >= 0.3 is 5.97 Å². The molecule has 0 bridgehead atoms. The van der Waals surface area contributed by atoms with Crippen molar-refractivity contribution < 1.29 is 14.3 Å². The molecular weight excluding hydrogens is 374 g/mol. The van der Waals surface area contributed by atoms with Crippen molar-refractivity contribution in [2.45, 2.75) is 19.9 Å². The fourth-order valence-electron chi connectivity index (χ4n) is 2.81. The fraction of sp³-hybridized carbons (Fsp3) is 0.286. The summed E-state index contributed by atoms with van der Waals surface area (Å²) in [7, 11) is 3.23. The van der Waals surface area contributed by atoms with Gasteiger partial charge in [-0.3, -0.25) is 9.69 Å². The number of likely N-dealkylation sites (N-methyl/N-ethyl adjacent to an activating group) is 1. The Morgan fingerprint density at radius 1 is 1.25 bits per heavy atom. The van der Waals surface area contributed by atoms with Gasteiger partial charge in [0, 0.05) is 5.69 Å². The molecule has 1 amide bonds. The van der Waals surface area contributed by atoms with Crippen LogP contribution in [0.4, 0.5) is 5.69 Å². The lowest BCUT2D eigenvalue weighted by atomic mass is 10.1. The minimum absolute atomic E-state index is 0.00523. The summed E-state index contributed by atoms with van der Waals surface area (Å²) in [6.07, 6.45) is 0. The Morgan fingerprint density at radius 3 is 2.71 bits per heavy atom. The van der Waals surface area contributed by atoms with Crippen molar-refractivity contribution in [3.05, 3.63) is 58.6 Å². The van der Waals surface area contributed by atoms with Crippen LogP contribution in [0.25, 0.3) is 10.2 Å². The number of nitrogens with one attached hydrogen (secondary N) is 1. The van der Waals surface area contributed by atoms with E-state index in [1.54, 1.807) is 29.5 Å². The van der Waals surface area contributed by atoms with E-state index in [9.17, 15) is 9.59 Å². The van der Waals surface area contributed by atoms with E-state index in [2.05, 4.69) is 10.3 Å². The van der Waals surface area contributed by atoms with Crippen LogP contribution in [0.5, 0.6) is 0 Å². The number of hydrogen-bond donors (Lipinski definition) is 1. The lowest BCUT2D eigenvalue weighted by Crippen LogP contribution is -2.32. The smallest absolute Gasteiger partial charge is 0.337 e. The number of methoxy groups -OCH3 is 1. The first-order valence-corrected chi connectivity index (χ1v) is 9.75. The number of carbonyl (C=O) groups is 2. The molecule has 0 aliphatic rings. The third-order valence-electron chi connectivity index (χ3n) is 4.65. The molecule has 0 fully saturated rings. The number of carbonyl (C=O) groups excluding carboxylic acids is 2. The third-order valence-corrected chi connectivity index (χ3v) is 5.86. The minimum atomic E-state index is -0.433. The standard InChI is InChI=1S/C21H23N3O3S/c1-13-9-10-15(21(26)27-4)11-17(13)22-19(25)12-24(3)14(2)20-23-16-7-5-6-8-18(16)28-20/h5-11,14H,12H2,1-4H3,(H,22,25)/t14-/m1/s1. The van der Waals surface area contributed by atoms with Gasteiger partial charge < -0.3 is 10.1 Å². The summed E-state index contributed by atoms with van der Waals surface area (Å²) in [4.78, 5) is 30.9. The molecular formula is C21H23N3O3S. The van der Waals surface area contributed by atoms with Crippen molar-refractivity contribution in [2.75, 3.05) is 26.0 Å². The number of thiazole rings is 1. The molecule has 2 aromatic carbocycles. The maximum absolute atomic E-state index is 12.5. The SMILES string of the molecule is COC(=O)c1ccc(C)c(NC(=O)CN(C)[C@H](C)c2nc3ccccc3s2)c1. The van der Waals surface area contributed by atoms with Gasteiger partial charge in [0.15, 0.2) is 0 Å². The molecule has 146 valence electrons. The van der Waals surface area contributed by atoms with Gasteiger partial charge in [0.2, 0.25) is 5.91 Å². The van der Waals surface area contributed by atoms with Gasteiger partial charge in [-0.15, -0.1) is 11.3 Å². The molecule has 7 heteroatoms. The Bertz CT molecular complexity index is 982. The summed E-state index contributed by atoms with van der Waals surface area (Å²) < 4.78 is 5.88. The van der Waals surface area contributed by atoms with Crippen molar-refractivity contribution in [1.29, 1.82) is 0 Å². The fourth-order valence-corrected chi connectivity index (χ4v) is 3.90. The molecule has 0 aliphatic carbocycles. The zero-order valence-corrected chi connectivity index (χ0v) is 17.2. The molecule has 0 aliphatic heterocycles. The predicted molar refractivity (Wildman–Crippen MR) is 112 cm³/mol. The number of amides is 1. The van der Waals surface area contributed by atoms with Gasteiger partial charge in [-0.05, 0) is 50.7 Å². The van der Waals surface area contributed by atoms with Crippen LogP contribution in [-0.4, -0.2) is 42.5 Å². The van der Waals surface area contributed by atoms with Crippen LogP contribution in [0.3, 0.4) is 0 Å². The maximum atomic E-state index is 12.5. The molecule has 1 heterocycles. The van der Waals surface area contributed by atoms with Gasteiger partial charge in [0.05, 0.1) is 35.5 Å². The summed E-state index contributed by atoms with van der Waals surface area (Å²) in [5, 5.41) is 3.86. The van der Waals surface area contributed by atoms with Crippen molar-refractivity contribution in [2.24, 2.45) is 0 Å². The van der Waals surface area contributed by atoms with E-state index in [1.165, 1.54) is 7.11 Å². The predicted octanol–water partition coefficient (Wildman–Crippen LogP) is 4.02. The molecule has 3 aromatic rings. The van der Waals surface area contributed by atoms with Gasteiger partial charge in [0.25, 0.3) is 0 Å². The summed E-state index contributed by atoms with van der Waals surface area (Å²) in [5.74, 6) is -0.586. The number of aromatic nitrogens is 1. The quantitative estimate of drug-likeness (QED) is 0.636. The Balaban J connectivity index is 1.68. The number of aryl methyl sites for hydroxylation is 1. The normalized spacial score (nSPS) is 12.2. The second-order valence-corrected chi connectivity index (χ2v) is 7.74. The minimum Gasteiger partial charge on any atom is -0.465 e. The third kappa shape index (κ3) is 4.37. The number of para-hydroxylation sites is 1. The highest BCUT2D eigenvalue weighted by Crippen LogP contribution is 2.28. The summed E-state index contributed by atoms with van der Waals surface area (Å²) in [5.41, 5.74) is 2.86. The number of hydrogen-bond acceptors (Lipinski definition) is 6. The highest BCUT2D eigenvalue weighted by atomic mass is 32.1. The monoisotopic (exact) mass is 397 g/mol. The largest absolute Gasteiger partial charge is 0.465 e. The Hall–Kier alpha value is -2.77. The number of anilines is 1. The van der Waals surface area contributed by atoms with Crippen molar-refractivity contribution in [3.8, 4) is 0 Å². The average Bonchev–Trinajstić information content (AvgIpc) is 3.12. The number of nitrogens with zero attached hydrogens (tertiary/aromatic N) is 2. The maximum Gasteiger partial charge on any atom is 0.337 e. The Morgan fingerprint density at radius 2 is 2.00 bits per heavy atom. The van der Waals surface area contributed by atoms with Gasteiger partial charge in [-0.1, -0.05) is 18.2 Å². The molecule has 0 spiro atoms. The zero-order valence-electron chi connectivity index (χ0n) is 16.4. The van der Waals surface area contributed by atoms with Crippen LogP contribution >= 0.6 is 11.3 Å². The molecule has 0 radical (unpaired) electrons. The topological polar surface area (TPSA) is 71.5 Å². The highest BCUT2D eigenvalue weighted by molar-refractivity contribution is 7.18. The van der Waals surface area contributed by atoms with Crippen LogP contribution in [0.1, 0.15) is 33.9 Å². The molecule has 0 saturated carbocycles. The number of rotatable bonds is 6. The van der Waals surface area contributed by atoms with Gasteiger partial charge in [-0.25, -0.2) is 9.78 Å². The van der Waals surface area contributed by atoms with E-state index in [0.717, 1.165) is 20.8 Å². The lowest BCUT2D eigenvalue weighted by molar-refractivity contribution is -0.117. The second-order valence-electron chi connectivity index (χ2n) is 6.68. The number of fused-ring (bicyclic) bond motifs is 1. The number of benzene rings is 2. The second kappa shape index (κ2) is 8.50. The van der Waals surface area contributed by atoms with Crippen LogP contribution < -0.4 is 5.32 Å². The first-order chi connectivity index (χ1) is 13.4. The van der Waals surface area contributed by atoms with E-state index >= 15 is 0 Å². The zero-order chi connectivity index (χ0) is 20.3. The molecule has 0 saturated heterocycles. The summed E-state index contributed by atoms with van der Waals surface area (Å²) >= 11 is 1.64. The van der Waals surface area contributed by atoms with Crippen LogP contribution in [-0.2, 0) is 9.53 Å². The first-order valence-electron chi connectivity index (χ1n) is 8.93. The van der Waals surface area contributed by atoms with E-state index in [-0.39, 0.29) is 18.5 Å². The lowest BCUT2D eigenvalue weighted by Gasteiger charge is -2.22. The summed E-state index contributed by atoms with van der Waals surface area (Å²) in [6, 6.07) is 13.1. The Labute approximate surface area is 168 Å². The van der Waals surface area contributed by atoms with Crippen molar-refractivity contribution in [1.82, 2.24) is 9.88 Å². The van der Waals surface area contributed by atoms with Gasteiger partial charge in [-0.2, -0.15) is 0 Å². The average molecular weight is 398 g/mol. The van der Waals surface area contributed by atoms with Crippen molar-refractivity contribution in [3.63, 3.8) is 0 Å². The van der Waals surface area contributed by atoms with E-state index in [4.69, 9.17) is 4.74 Å². The molecule has 3 rings (SSSR count). The Kier molecular flexibility index (Phi) is 6.06.